The standard InChI is InChI=1S/C14H17Cl3N2O/c1-8(15)5-13(18)14(20)19-9(2)6-10-3-4-11(16)7-12(10)17/h3-4,7,9,13H,1,5-6,18H2,2H3,(H,19,20). The molecular formula is C14H17Cl3N2O. The highest BCUT2D eigenvalue weighted by molar-refractivity contribution is 6.35. The largest absolute Gasteiger partial charge is 0.352 e. The molecule has 0 saturated heterocycles. The maximum absolute atomic E-state index is 11.8. The van der Waals surface area contributed by atoms with E-state index in [9.17, 15) is 4.79 Å². The summed E-state index contributed by atoms with van der Waals surface area (Å²) in [6.07, 6.45) is 0.845. The number of benzene rings is 1. The van der Waals surface area contributed by atoms with Crippen molar-refractivity contribution in [2.45, 2.75) is 31.8 Å². The Kier molecular flexibility index (Phi) is 6.83. The molecule has 1 aromatic carbocycles. The first-order valence-corrected chi connectivity index (χ1v) is 7.26. The molecule has 1 rings (SSSR count). The van der Waals surface area contributed by atoms with Gasteiger partial charge in [-0.1, -0.05) is 47.4 Å². The zero-order valence-corrected chi connectivity index (χ0v) is 13.4. The summed E-state index contributed by atoms with van der Waals surface area (Å²) in [5.41, 5.74) is 6.62. The summed E-state index contributed by atoms with van der Waals surface area (Å²) in [6.45, 7) is 5.40. The number of hydrogen-bond acceptors (Lipinski definition) is 2. The molecule has 0 spiro atoms. The molecule has 20 heavy (non-hydrogen) atoms. The van der Waals surface area contributed by atoms with E-state index < -0.39 is 6.04 Å². The third kappa shape index (κ3) is 5.71. The highest BCUT2D eigenvalue weighted by Crippen LogP contribution is 2.22. The summed E-state index contributed by atoms with van der Waals surface area (Å²) in [7, 11) is 0. The molecule has 1 aromatic rings. The van der Waals surface area contributed by atoms with Crippen LogP contribution in [0.5, 0.6) is 0 Å². The molecule has 2 unspecified atom stereocenters. The van der Waals surface area contributed by atoms with Crippen LogP contribution in [0.3, 0.4) is 0 Å². The Morgan fingerprint density at radius 1 is 1.45 bits per heavy atom. The molecule has 0 aliphatic rings. The maximum atomic E-state index is 11.8. The first-order chi connectivity index (χ1) is 9.29. The third-order valence-electron chi connectivity index (χ3n) is 2.71. The van der Waals surface area contributed by atoms with Crippen LogP contribution >= 0.6 is 34.8 Å². The van der Waals surface area contributed by atoms with Crippen molar-refractivity contribution >= 4 is 40.7 Å². The molecule has 0 saturated carbocycles. The van der Waals surface area contributed by atoms with Gasteiger partial charge in [-0.2, -0.15) is 0 Å². The number of nitrogens with two attached hydrogens (primary N) is 1. The van der Waals surface area contributed by atoms with Gasteiger partial charge in [-0.15, -0.1) is 0 Å². The minimum absolute atomic E-state index is 0.101. The van der Waals surface area contributed by atoms with E-state index in [1.54, 1.807) is 12.1 Å². The van der Waals surface area contributed by atoms with Crippen molar-refractivity contribution in [1.29, 1.82) is 0 Å². The van der Waals surface area contributed by atoms with Gasteiger partial charge in [0.1, 0.15) is 0 Å². The van der Waals surface area contributed by atoms with Gasteiger partial charge in [0, 0.05) is 27.5 Å². The highest BCUT2D eigenvalue weighted by Gasteiger charge is 2.17. The lowest BCUT2D eigenvalue weighted by atomic mass is 10.1. The smallest absolute Gasteiger partial charge is 0.237 e. The Morgan fingerprint density at radius 2 is 2.10 bits per heavy atom. The van der Waals surface area contributed by atoms with Crippen molar-refractivity contribution in [3.63, 3.8) is 0 Å². The molecule has 0 bridgehead atoms. The monoisotopic (exact) mass is 334 g/mol. The van der Waals surface area contributed by atoms with Crippen LogP contribution in [0, 0.1) is 0 Å². The van der Waals surface area contributed by atoms with Gasteiger partial charge >= 0.3 is 0 Å². The van der Waals surface area contributed by atoms with Gasteiger partial charge in [-0.3, -0.25) is 4.79 Å². The number of nitrogens with one attached hydrogen (secondary N) is 1. The Morgan fingerprint density at radius 3 is 2.65 bits per heavy atom. The second kappa shape index (κ2) is 7.89. The van der Waals surface area contributed by atoms with E-state index in [-0.39, 0.29) is 18.4 Å². The SMILES string of the molecule is C=C(Cl)CC(N)C(=O)NC(C)Cc1ccc(Cl)cc1Cl. The number of carbonyl (C=O) groups is 1. The van der Waals surface area contributed by atoms with Gasteiger partial charge in [-0.05, 0) is 31.0 Å². The molecule has 110 valence electrons. The number of amides is 1. The van der Waals surface area contributed by atoms with Gasteiger partial charge in [0.25, 0.3) is 0 Å². The molecule has 3 nitrogen and oxygen atoms in total. The lowest BCUT2D eigenvalue weighted by Crippen LogP contribution is -2.45. The molecule has 0 aromatic heterocycles. The van der Waals surface area contributed by atoms with Crippen molar-refractivity contribution in [1.82, 2.24) is 5.32 Å². The van der Waals surface area contributed by atoms with Crippen molar-refractivity contribution in [3.8, 4) is 0 Å². The summed E-state index contributed by atoms with van der Waals surface area (Å²) < 4.78 is 0. The van der Waals surface area contributed by atoms with Crippen molar-refractivity contribution in [2.75, 3.05) is 0 Å². The zero-order valence-electron chi connectivity index (χ0n) is 11.1. The molecule has 0 aliphatic heterocycles. The van der Waals surface area contributed by atoms with E-state index in [4.69, 9.17) is 40.5 Å². The summed E-state index contributed by atoms with van der Waals surface area (Å²) in [6, 6.07) is 4.49. The van der Waals surface area contributed by atoms with E-state index in [0.717, 1.165) is 5.56 Å². The van der Waals surface area contributed by atoms with Gasteiger partial charge in [0.05, 0.1) is 6.04 Å². The summed E-state index contributed by atoms with van der Waals surface area (Å²) >= 11 is 17.6. The highest BCUT2D eigenvalue weighted by atomic mass is 35.5. The summed E-state index contributed by atoms with van der Waals surface area (Å²) in [5.74, 6) is -0.260. The second-order valence-corrected chi connectivity index (χ2v) is 6.06. The van der Waals surface area contributed by atoms with Crippen LogP contribution in [-0.2, 0) is 11.2 Å². The van der Waals surface area contributed by atoms with E-state index in [1.807, 2.05) is 13.0 Å². The molecule has 1 amide bonds. The zero-order chi connectivity index (χ0) is 15.3. The quantitative estimate of drug-likeness (QED) is 0.836. The molecule has 0 radical (unpaired) electrons. The minimum Gasteiger partial charge on any atom is -0.352 e. The van der Waals surface area contributed by atoms with Crippen LogP contribution in [0.15, 0.2) is 29.8 Å². The lowest BCUT2D eigenvalue weighted by molar-refractivity contribution is -0.122. The van der Waals surface area contributed by atoms with Crippen molar-refractivity contribution < 1.29 is 4.79 Å². The fourth-order valence-corrected chi connectivity index (χ4v) is 2.40. The first kappa shape index (κ1) is 17.3. The number of hydrogen-bond donors (Lipinski definition) is 2. The number of rotatable bonds is 6. The Balaban J connectivity index is 2.56. The van der Waals surface area contributed by atoms with Crippen LogP contribution in [0.25, 0.3) is 0 Å². The van der Waals surface area contributed by atoms with Crippen LogP contribution in [0.2, 0.25) is 10.0 Å². The van der Waals surface area contributed by atoms with Gasteiger partial charge < -0.3 is 11.1 Å². The van der Waals surface area contributed by atoms with Crippen LogP contribution < -0.4 is 11.1 Å². The molecule has 0 heterocycles. The van der Waals surface area contributed by atoms with E-state index in [1.165, 1.54) is 0 Å². The fourth-order valence-electron chi connectivity index (χ4n) is 1.75. The molecule has 2 atom stereocenters. The average Bonchev–Trinajstić information content (AvgIpc) is 2.31. The maximum Gasteiger partial charge on any atom is 0.237 e. The van der Waals surface area contributed by atoms with Gasteiger partial charge in [0.15, 0.2) is 0 Å². The molecule has 6 heteroatoms. The topological polar surface area (TPSA) is 55.1 Å². The normalized spacial score (nSPS) is 13.7. The van der Waals surface area contributed by atoms with Crippen LogP contribution in [0.1, 0.15) is 18.9 Å². The predicted molar refractivity (Wildman–Crippen MR) is 85.4 cm³/mol. The Bertz CT molecular complexity index is 505. The predicted octanol–water partition coefficient (Wildman–Crippen LogP) is 3.51. The van der Waals surface area contributed by atoms with Crippen LogP contribution in [-0.4, -0.2) is 18.0 Å². The van der Waals surface area contributed by atoms with Gasteiger partial charge in [0.2, 0.25) is 5.91 Å². The van der Waals surface area contributed by atoms with Gasteiger partial charge in [-0.25, -0.2) is 0 Å². The summed E-state index contributed by atoms with van der Waals surface area (Å²) in [4.78, 5) is 11.8. The van der Waals surface area contributed by atoms with Crippen molar-refractivity contribution in [3.05, 3.63) is 45.4 Å². The van der Waals surface area contributed by atoms with Crippen LogP contribution in [0.4, 0.5) is 0 Å². The molecule has 0 fully saturated rings. The van der Waals surface area contributed by atoms with E-state index >= 15 is 0 Å². The second-order valence-electron chi connectivity index (χ2n) is 4.68. The first-order valence-electron chi connectivity index (χ1n) is 6.12. The molecule has 3 N–H and O–H groups in total. The molecular weight excluding hydrogens is 319 g/mol. The fraction of sp³-hybridized carbons (Fsp3) is 0.357. The minimum atomic E-state index is -0.692. The van der Waals surface area contributed by atoms with Crippen molar-refractivity contribution in [2.24, 2.45) is 5.73 Å². The average molecular weight is 336 g/mol. The number of halogens is 3. The van der Waals surface area contributed by atoms with E-state index in [2.05, 4.69) is 11.9 Å². The van der Waals surface area contributed by atoms with E-state index in [0.29, 0.717) is 21.5 Å². The Hall–Kier alpha value is -0.740. The summed E-state index contributed by atoms with van der Waals surface area (Å²) in [5, 5.41) is 4.34. The third-order valence-corrected chi connectivity index (χ3v) is 3.45. The number of carbonyl (C=O) groups excluding carboxylic acids is 1. The lowest BCUT2D eigenvalue weighted by Gasteiger charge is -2.18. The molecule has 0 aliphatic carbocycles. The Labute approximate surface area is 134 Å².